The van der Waals surface area contributed by atoms with Gasteiger partial charge in [0.05, 0.1) is 6.04 Å². The van der Waals surface area contributed by atoms with Crippen molar-refractivity contribution in [2.24, 2.45) is 0 Å². The van der Waals surface area contributed by atoms with Gasteiger partial charge in [-0.15, -0.1) is 12.4 Å². The van der Waals surface area contributed by atoms with E-state index in [0.29, 0.717) is 18.0 Å². The predicted molar refractivity (Wildman–Crippen MR) is 107 cm³/mol. The largest absolute Gasteiger partial charge is 0.311 e. The summed E-state index contributed by atoms with van der Waals surface area (Å²) in [5.74, 6) is 0.133. The van der Waals surface area contributed by atoms with Crippen molar-refractivity contribution in [1.29, 1.82) is 0 Å². The van der Waals surface area contributed by atoms with Crippen molar-refractivity contribution in [1.82, 2.24) is 4.90 Å². The Morgan fingerprint density at radius 1 is 1.20 bits per heavy atom. The molecule has 1 aliphatic rings. The first-order chi connectivity index (χ1) is 11.6. The Hall–Kier alpha value is -1.55. The fraction of sp³-hybridized carbons (Fsp3) is 0.350. The lowest BCUT2D eigenvalue weighted by atomic mass is 9.92. The zero-order chi connectivity index (χ0) is 17.1. The summed E-state index contributed by atoms with van der Waals surface area (Å²) in [5, 5.41) is 0.683. The highest BCUT2D eigenvalue weighted by molar-refractivity contribution is 6.30. The fourth-order valence-corrected chi connectivity index (χ4v) is 3.48. The molecular weight excluding hydrogens is 355 g/mol. The summed E-state index contributed by atoms with van der Waals surface area (Å²) in [5.41, 5.74) is 3.62. The minimum absolute atomic E-state index is 0. The Labute approximate surface area is 161 Å². The molecule has 2 aromatic carbocycles. The SMILES string of the molecule is CCC(=O)N(CC1c2ccccc2CCN1C)c1ccc(Cl)cc1.Cl. The molecule has 0 saturated heterocycles. The van der Waals surface area contributed by atoms with Gasteiger partial charge in [-0.05, 0) is 48.9 Å². The quantitative estimate of drug-likeness (QED) is 0.767. The Morgan fingerprint density at radius 3 is 2.56 bits per heavy atom. The van der Waals surface area contributed by atoms with E-state index >= 15 is 0 Å². The summed E-state index contributed by atoms with van der Waals surface area (Å²) >= 11 is 6.00. The molecule has 134 valence electrons. The summed E-state index contributed by atoms with van der Waals surface area (Å²) in [6.07, 6.45) is 1.55. The topological polar surface area (TPSA) is 23.6 Å². The zero-order valence-electron chi connectivity index (χ0n) is 14.6. The summed E-state index contributed by atoms with van der Waals surface area (Å²) < 4.78 is 0. The summed E-state index contributed by atoms with van der Waals surface area (Å²) in [4.78, 5) is 16.8. The highest BCUT2D eigenvalue weighted by Crippen LogP contribution is 2.31. The molecule has 3 rings (SSSR count). The molecule has 0 aromatic heterocycles. The van der Waals surface area contributed by atoms with Crippen molar-refractivity contribution in [2.75, 3.05) is 25.0 Å². The van der Waals surface area contributed by atoms with Gasteiger partial charge in [-0.1, -0.05) is 42.8 Å². The van der Waals surface area contributed by atoms with E-state index in [4.69, 9.17) is 11.6 Å². The van der Waals surface area contributed by atoms with Crippen molar-refractivity contribution < 1.29 is 4.79 Å². The van der Waals surface area contributed by atoms with Crippen LogP contribution >= 0.6 is 24.0 Å². The molecule has 0 fully saturated rings. The molecule has 0 bridgehead atoms. The van der Waals surface area contributed by atoms with E-state index in [0.717, 1.165) is 18.7 Å². The van der Waals surface area contributed by atoms with Crippen LogP contribution in [0.5, 0.6) is 0 Å². The molecule has 3 nitrogen and oxygen atoms in total. The second kappa shape index (κ2) is 8.70. The average Bonchev–Trinajstić information content (AvgIpc) is 2.61. The van der Waals surface area contributed by atoms with Gasteiger partial charge in [-0.2, -0.15) is 0 Å². The highest BCUT2D eigenvalue weighted by atomic mass is 35.5. The van der Waals surface area contributed by atoms with Crippen LogP contribution in [-0.2, 0) is 11.2 Å². The lowest BCUT2D eigenvalue weighted by molar-refractivity contribution is -0.118. The normalized spacial score (nSPS) is 16.7. The summed E-state index contributed by atoms with van der Waals surface area (Å²) in [6.45, 7) is 3.57. The maximum atomic E-state index is 12.6. The van der Waals surface area contributed by atoms with E-state index < -0.39 is 0 Å². The van der Waals surface area contributed by atoms with Crippen LogP contribution in [0.2, 0.25) is 5.02 Å². The average molecular weight is 379 g/mol. The number of benzene rings is 2. The minimum atomic E-state index is 0. The first kappa shape index (κ1) is 19.8. The number of rotatable bonds is 4. The van der Waals surface area contributed by atoms with Crippen LogP contribution in [0, 0.1) is 0 Å². The predicted octanol–water partition coefficient (Wildman–Crippen LogP) is 4.73. The van der Waals surface area contributed by atoms with Gasteiger partial charge in [-0.25, -0.2) is 0 Å². The number of hydrogen-bond donors (Lipinski definition) is 0. The van der Waals surface area contributed by atoms with E-state index in [1.165, 1.54) is 11.1 Å². The third-order valence-electron chi connectivity index (χ3n) is 4.78. The number of anilines is 1. The van der Waals surface area contributed by atoms with Crippen LogP contribution in [0.3, 0.4) is 0 Å². The van der Waals surface area contributed by atoms with E-state index in [1.807, 2.05) is 36.1 Å². The van der Waals surface area contributed by atoms with Gasteiger partial charge in [0.2, 0.25) is 5.91 Å². The number of likely N-dealkylation sites (N-methyl/N-ethyl adjacent to an activating group) is 1. The van der Waals surface area contributed by atoms with Gasteiger partial charge in [0, 0.05) is 30.2 Å². The van der Waals surface area contributed by atoms with Crippen LogP contribution < -0.4 is 4.90 Å². The number of amides is 1. The number of fused-ring (bicyclic) bond motifs is 1. The third kappa shape index (κ3) is 4.35. The fourth-order valence-electron chi connectivity index (χ4n) is 3.35. The van der Waals surface area contributed by atoms with Crippen molar-refractivity contribution in [3.05, 3.63) is 64.7 Å². The van der Waals surface area contributed by atoms with Crippen LogP contribution in [0.1, 0.15) is 30.5 Å². The summed E-state index contributed by atoms with van der Waals surface area (Å²) in [7, 11) is 2.14. The molecule has 25 heavy (non-hydrogen) atoms. The second-order valence-electron chi connectivity index (χ2n) is 6.28. The monoisotopic (exact) mass is 378 g/mol. The molecule has 0 spiro atoms. The highest BCUT2D eigenvalue weighted by Gasteiger charge is 2.28. The number of halogens is 2. The molecule has 2 aromatic rings. The van der Waals surface area contributed by atoms with Gasteiger partial charge in [0.1, 0.15) is 0 Å². The van der Waals surface area contributed by atoms with Crippen molar-refractivity contribution in [3.63, 3.8) is 0 Å². The van der Waals surface area contributed by atoms with Gasteiger partial charge in [-0.3, -0.25) is 9.69 Å². The van der Waals surface area contributed by atoms with E-state index in [9.17, 15) is 4.79 Å². The maximum Gasteiger partial charge on any atom is 0.226 e. The summed E-state index contributed by atoms with van der Waals surface area (Å²) in [6, 6.07) is 16.3. The standard InChI is InChI=1S/C20H23ClN2O.ClH/c1-3-20(24)23(17-10-8-16(21)9-11-17)14-19-18-7-5-4-6-15(18)12-13-22(19)2;/h4-11,19H,3,12-14H2,1-2H3;1H. The number of carbonyl (C=O) groups excluding carboxylic acids is 1. The molecule has 1 aliphatic heterocycles. The first-order valence-corrected chi connectivity index (χ1v) is 8.82. The van der Waals surface area contributed by atoms with Crippen molar-refractivity contribution in [2.45, 2.75) is 25.8 Å². The molecule has 1 heterocycles. The molecule has 1 atom stereocenters. The van der Waals surface area contributed by atoms with Crippen molar-refractivity contribution >= 4 is 35.6 Å². The second-order valence-corrected chi connectivity index (χ2v) is 6.72. The lowest BCUT2D eigenvalue weighted by Gasteiger charge is -2.38. The number of hydrogen-bond acceptors (Lipinski definition) is 2. The van der Waals surface area contributed by atoms with Gasteiger partial charge >= 0.3 is 0 Å². The van der Waals surface area contributed by atoms with Gasteiger partial charge in [0.25, 0.3) is 0 Å². The zero-order valence-corrected chi connectivity index (χ0v) is 16.2. The van der Waals surface area contributed by atoms with E-state index in [1.54, 1.807) is 0 Å². The molecule has 0 aliphatic carbocycles. The Kier molecular flexibility index (Phi) is 6.88. The van der Waals surface area contributed by atoms with Crippen molar-refractivity contribution in [3.8, 4) is 0 Å². The third-order valence-corrected chi connectivity index (χ3v) is 5.03. The van der Waals surface area contributed by atoms with Crippen LogP contribution in [-0.4, -0.2) is 30.9 Å². The van der Waals surface area contributed by atoms with Crippen LogP contribution in [0.4, 0.5) is 5.69 Å². The Bertz CT molecular complexity index is 718. The number of nitrogens with zero attached hydrogens (tertiary/aromatic N) is 2. The van der Waals surface area contributed by atoms with Crippen LogP contribution in [0.25, 0.3) is 0 Å². The van der Waals surface area contributed by atoms with Gasteiger partial charge < -0.3 is 4.90 Å². The minimum Gasteiger partial charge on any atom is -0.311 e. The van der Waals surface area contributed by atoms with Crippen LogP contribution in [0.15, 0.2) is 48.5 Å². The number of carbonyl (C=O) groups is 1. The molecular formula is C20H24Cl2N2O. The Balaban J connectivity index is 0.00000225. The molecule has 0 radical (unpaired) electrons. The molecule has 5 heteroatoms. The van der Waals surface area contributed by atoms with E-state index in [-0.39, 0.29) is 24.4 Å². The molecule has 0 saturated carbocycles. The molecule has 0 N–H and O–H groups in total. The molecule has 1 amide bonds. The van der Waals surface area contributed by atoms with E-state index in [2.05, 4.69) is 36.2 Å². The first-order valence-electron chi connectivity index (χ1n) is 8.44. The maximum absolute atomic E-state index is 12.6. The smallest absolute Gasteiger partial charge is 0.226 e. The lowest BCUT2D eigenvalue weighted by Crippen LogP contribution is -2.42. The molecule has 1 unspecified atom stereocenters. The Morgan fingerprint density at radius 2 is 1.88 bits per heavy atom. The van der Waals surface area contributed by atoms with Gasteiger partial charge in [0.15, 0.2) is 0 Å².